The summed E-state index contributed by atoms with van der Waals surface area (Å²) in [5.74, 6) is -0.242. The highest BCUT2D eigenvalue weighted by Crippen LogP contribution is 2.31. The van der Waals surface area contributed by atoms with Crippen LogP contribution in [0.25, 0.3) is 22.0 Å². The largest absolute Gasteiger partial charge is 0.330 e. The first kappa shape index (κ1) is 12.8. The first-order valence-corrected chi connectivity index (χ1v) is 6.62. The van der Waals surface area contributed by atoms with Crippen LogP contribution in [0.2, 0.25) is 0 Å². The zero-order valence-corrected chi connectivity index (χ0v) is 11.0. The quantitative estimate of drug-likeness (QED) is 0.787. The smallest absolute Gasteiger partial charge is 0.123 e. The van der Waals surface area contributed by atoms with Crippen LogP contribution in [-0.4, -0.2) is 11.5 Å². The molecule has 20 heavy (non-hydrogen) atoms. The second kappa shape index (κ2) is 5.39. The molecule has 2 N–H and O–H groups in total. The molecule has 0 amide bonds. The highest BCUT2D eigenvalue weighted by atomic mass is 19.1. The Morgan fingerprint density at radius 1 is 1.05 bits per heavy atom. The lowest BCUT2D eigenvalue weighted by molar-refractivity contribution is 0.628. The molecule has 0 saturated heterocycles. The summed E-state index contributed by atoms with van der Waals surface area (Å²) in [5, 5.41) is 1.05. The van der Waals surface area contributed by atoms with Crippen molar-refractivity contribution in [1.29, 1.82) is 0 Å². The third kappa shape index (κ3) is 2.28. The average Bonchev–Trinajstić information content (AvgIpc) is 2.47. The van der Waals surface area contributed by atoms with Crippen LogP contribution in [-0.2, 0) is 6.42 Å². The normalized spacial score (nSPS) is 10.9. The number of aromatic nitrogens is 1. The molecule has 0 aliphatic carbocycles. The van der Waals surface area contributed by atoms with E-state index in [0.29, 0.717) is 6.54 Å². The molecule has 0 bridgehead atoms. The summed E-state index contributed by atoms with van der Waals surface area (Å²) < 4.78 is 13.5. The molecule has 1 aromatic heterocycles. The van der Waals surface area contributed by atoms with Gasteiger partial charge in [-0.1, -0.05) is 30.3 Å². The molecule has 2 aromatic carbocycles. The summed E-state index contributed by atoms with van der Waals surface area (Å²) in [6.07, 6.45) is 2.51. The molecular weight excluding hydrogens is 251 g/mol. The average molecular weight is 266 g/mol. The van der Waals surface area contributed by atoms with Crippen molar-refractivity contribution in [2.75, 3.05) is 6.54 Å². The Balaban J connectivity index is 2.32. The molecule has 3 aromatic rings. The summed E-state index contributed by atoms with van der Waals surface area (Å²) in [7, 11) is 0. The minimum atomic E-state index is -0.242. The zero-order valence-electron chi connectivity index (χ0n) is 11.0. The molecule has 100 valence electrons. The van der Waals surface area contributed by atoms with Gasteiger partial charge in [-0.05, 0) is 42.3 Å². The number of benzene rings is 2. The van der Waals surface area contributed by atoms with E-state index in [1.807, 2.05) is 24.3 Å². The lowest BCUT2D eigenvalue weighted by Crippen LogP contribution is -2.04. The Hall–Kier alpha value is -2.26. The van der Waals surface area contributed by atoms with Gasteiger partial charge in [-0.15, -0.1) is 0 Å². The van der Waals surface area contributed by atoms with Gasteiger partial charge in [-0.25, -0.2) is 4.39 Å². The fraction of sp³-hybridized carbons (Fsp3) is 0.118. The molecule has 1 heterocycles. The van der Waals surface area contributed by atoms with Crippen molar-refractivity contribution in [1.82, 2.24) is 4.98 Å². The molecule has 2 nitrogen and oxygen atoms in total. The van der Waals surface area contributed by atoms with E-state index < -0.39 is 0 Å². The van der Waals surface area contributed by atoms with Crippen LogP contribution in [0.5, 0.6) is 0 Å². The van der Waals surface area contributed by atoms with E-state index in [2.05, 4.69) is 11.1 Å². The van der Waals surface area contributed by atoms with Crippen LogP contribution in [0, 0.1) is 5.82 Å². The number of fused-ring (bicyclic) bond motifs is 1. The number of pyridine rings is 1. The maximum absolute atomic E-state index is 13.5. The predicted molar refractivity (Wildman–Crippen MR) is 79.9 cm³/mol. The monoisotopic (exact) mass is 266 g/mol. The minimum absolute atomic E-state index is 0.242. The summed E-state index contributed by atoms with van der Waals surface area (Å²) in [4.78, 5) is 4.47. The van der Waals surface area contributed by atoms with Crippen molar-refractivity contribution < 1.29 is 4.39 Å². The highest BCUT2D eigenvalue weighted by Gasteiger charge is 2.11. The lowest BCUT2D eigenvalue weighted by Gasteiger charge is -2.12. The minimum Gasteiger partial charge on any atom is -0.330 e. The molecule has 0 unspecified atom stereocenters. The van der Waals surface area contributed by atoms with E-state index in [9.17, 15) is 4.39 Å². The van der Waals surface area contributed by atoms with Gasteiger partial charge in [0.1, 0.15) is 5.82 Å². The Labute approximate surface area is 117 Å². The van der Waals surface area contributed by atoms with Crippen molar-refractivity contribution in [2.24, 2.45) is 5.73 Å². The topological polar surface area (TPSA) is 38.9 Å². The third-order valence-electron chi connectivity index (χ3n) is 3.39. The zero-order chi connectivity index (χ0) is 13.9. The van der Waals surface area contributed by atoms with Crippen LogP contribution in [0.4, 0.5) is 4.39 Å². The first-order chi connectivity index (χ1) is 9.79. The number of nitrogens with two attached hydrogens (primary N) is 1. The van der Waals surface area contributed by atoms with Crippen LogP contribution in [0.15, 0.2) is 54.7 Å². The fourth-order valence-corrected chi connectivity index (χ4v) is 2.52. The van der Waals surface area contributed by atoms with Gasteiger partial charge in [-0.3, -0.25) is 4.98 Å². The van der Waals surface area contributed by atoms with Gasteiger partial charge < -0.3 is 5.73 Å². The Morgan fingerprint density at radius 3 is 2.75 bits per heavy atom. The molecule has 0 radical (unpaired) electrons. The van der Waals surface area contributed by atoms with E-state index in [1.165, 1.54) is 6.07 Å². The van der Waals surface area contributed by atoms with Gasteiger partial charge >= 0.3 is 0 Å². The van der Waals surface area contributed by atoms with E-state index >= 15 is 0 Å². The standard InChI is InChI=1S/C17H15FN2/c18-15-5-1-3-14(11-15)16-12(8-9-19)6-7-13-4-2-10-20-17(13)16/h1-7,10-11H,8-9,19H2. The van der Waals surface area contributed by atoms with Gasteiger partial charge in [0.15, 0.2) is 0 Å². The molecule has 0 atom stereocenters. The number of rotatable bonds is 3. The van der Waals surface area contributed by atoms with Crippen LogP contribution in [0.1, 0.15) is 5.56 Å². The summed E-state index contributed by atoms with van der Waals surface area (Å²) in [5.41, 5.74) is 9.51. The lowest BCUT2D eigenvalue weighted by atomic mass is 9.94. The predicted octanol–water partition coefficient (Wildman–Crippen LogP) is 3.54. The summed E-state index contributed by atoms with van der Waals surface area (Å²) in [6, 6.07) is 14.6. The van der Waals surface area contributed by atoms with Gasteiger partial charge in [0, 0.05) is 17.1 Å². The van der Waals surface area contributed by atoms with E-state index in [4.69, 9.17) is 5.73 Å². The Bertz CT molecular complexity index is 753. The first-order valence-electron chi connectivity index (χ1n) is 6.62. The van der Waals surface area contributed by atoms with Gasteiger partial charge in [-0.2, -0.15) is 0 Å². The fourth-order valence-electron chi connectivity index (χ4n) is 2.52. The highest BCUT2D eigenvalue weighted by molar-refractivity contribution is 5.95. The molecule has 0 saturated carbocycles. The van der Waals surface area contributed by atoms with Crippen molar-refractivity contribution in [3.05, 3.63) is 66.1 Å². The maximum atomic E-state index is 13.5. The van der Waals surface area contributed by atoms with E-state index in [-0.39, 0.29) is 5.82 Å². The number of hydrogen-bond acceptors (Lipinski definition) is 2. The Morgan fingerprint density at radius 2 is 1.95 bits per heavy atom. The third-order valence-corrected chi connectivity index (χ3v) is 3.39. The molecule has 0 aliphatic rings. The van der Waals surface area contributed by atoms with Crippen molar-refractivity contribution >= 4 is 10.9 Å². The van der Waals surface area contributed by atoms with Crippen molar-refractivity contribution in [3.63, 3.8) is 0 Å². The number of hydrogen-bond donors (Lipinski definition) is 1. The van der Waals surface area contributed by atoms with Gasteiger partial charge in [0.2, 0.25) is 0 Å². The van der Waals surface area contributed by atoms with Crippen LogP contribution in [0.3, 0.4) is 0 Å². The van der Waals surface area contributed by atoms with E-state index in [0.717, 1.165) is 34.0 Å². The van der Waals surface area contributed by atoms with Crippen molar-refractivity contribution in [3.8, 4) is 11.1 Å². The number of halogens is 1. The molecule has 0 fully saturated rings. The summed E-state index contributed by atoms with van der Waals surface area (Å²) in [6.45, 7) is 0.556. The SMILES string of the molecule is NCCc1ccc2cccnc2c1-c1cccc(F)c1. The second-order valence-corrected chi connectivity index (χ2v) is 4.72. The molecular formula is C17H15FN2. The van der Waals surface area contributed by atoms with Gasteiger partial charge in [0.25, 0.3) is 0 Å². The van der Waals surface area contributed by atoms with Crippen LogP contribution >= 0.6 is 0 Å². The molecule has 3 rings (SSSR count). The van der Waals surface area contributed by atoms with Crippen molar-refractivity contribution in [2.45, 2.75) is 6.42 Å². The van der Waals surface area contributed by atoms with Gasteiger partial charge in [0.05, 0.1) is 5.52 Å². The van der Waals surface area contributed by atoms with E-state index in [1.54, 1.807) is 18.3 Å². The number of nitrogens with zero attached hydrogens (tertiary/aromatic N) is 1. The Kier molecular flexibility index (Phi) is 3.44. The summed E-state index contributed by atoms with van der Waals surface area (Å²) >= 11 is 0. The molecule has 3 heteroatoms. The van der Waals surface area contributed by atoms with Crippen LogP contribution < -0.4 is 5.73 Å². The second-order valence-electron chi connectivity index (χ2n) is 4.72. The molecule has 0 aliphatic heterocycles. The maximum Gasteiger partial charge on any atom is 0.123 e. The molecule has 0 spiro atoms.